The van der Waals surface area contributed by atoms with Gasteiger partial charge in [-0.2, -0.15) is 0 Å². The fourth-order valence-corrected chi connectivity index (χ4v) is 2.48. The van der Waals surface area contributed by atoms with E-state index >= 15 is 0 Å². The van der Waals surface area contributed by atoms with Gasteiger partial charge in [-0.05, 0) is 37.1 Å². The van der Waals surface area contributed by atoms with E-state index in [9.17, 15) is 0 Å². The zero-order valence-corrected chi connectivity index (χ0v) is 12.7. The Labute approximate surface area is 124 Å². The molecule has 20 heavy (non-hydrogen) atoms. The SMILES string of the molecule is CCC(=N)C(CC)CNc1ccnc2cc(Cl)ccc12. The van der Waals surface area contributed by atoms with E-state index in [1.54, 1.807) is 6.20 Å². The van der Waals surface area contributed by atoms with Crippen molar-refractivity contribution in [3.8, 4) is 0 Å². The van der Waals surface area contributed by atoms with Gasteiger partial charge in [-0.15, -0.1) is 0 Å². The van der Waals surface area contributed by atoms with Crippen LogP contribution in [0.4, 0.5) is 5.69 Å². The van der Waals surface area contributed by atoms with Crippen molar-refractivity contribution in [3.63, 3.8) is 0 Å². The number of aromatic nitrogens is 1. The zero-order valence-electron chi connectivity index (χ0n) is 11.9. The van der Waals surface area contributed by atoms with E-state index in [1.807, 2.05) is 31.2 Å². The Morgan fingerprint density at radius 2 is 2.15 bits per heavy atom. The molecule has 1 unspecified atom stereocenters. The molecule has 0 aliphatic rings. The van der Waals surface area contributed by atoms with Crippen LogP contribution in [0.25, 0.3) is 10.9 Å². The standard InChI is InChI=1S/C16H20ClN3/c1-3-11(14(18)4-2)10-20-15-7-8-19-16-9-12(17)5-6-13(15)16/h5-9,11,18H,3-4,10H2,1-2H3,(H,19,20). The highest BCUT2D eigenvalue weighted by Crippen LogP contribution is 2.24. The van der Waals surface area contributed by atoms with E-state index in [-0.39, 0.29) is 5.92 Å². The lowest BCUT2D eigenvalue weighted by Gasteiger charge is -2.17. The van der Waals surface area contributed by atoms with Crippen LogP contribution < -0.4 is 5.32 Å². The molecule has 1 heterocycles. The molecule has 0 spiro atoms. The molecule has 0 aliphatic carbocycles. The first-order valence-corrected chi connectivity index (χ1v) is 7.39. The molecule has 106 valence electrons. The first-order valence-electron chi connectivity index (χ1n) is 7.01. The van der Waals surface area contributed by atoms with Crippen molar-refractivity contribution in [2.75, 3.05) is 11.9 Å². The minimum Gasteiger partial charge on any atom is -0.384 e. The molecule has 4 heteroatoms. The monoisotopic (exact) mass is 289 g/mol. The van der Waals surface area contributed by atoms with E-state index in [0.29, 0.717) is 5.02 Å². The molecule has 0 saturated carbocycles. The number of nitrogens with one attached hydrogen (secondary N) is 2. The van der Waals surface area contributed by atoms with Crippen LogP contribution >= 0.6 is 11.6 Å². The second kappa shape index (κ2) is 6.71. The van der Waals surface area contributed by atoms with Crippen LogP contribution in [0.2, 0.25) is 5.02 Å². The zero-order chi connectivity index (χ0) is 14.5. The summed E-state index contributed by atoms with van der Waals surface area (Å²) in [6.45, 7) is 4.95. The second-order valence-electron chi connectivity index (χ2n) is 4.88. The van der Waals surface area contributed by atoms with Gasteiger partial charge in [0, 0.05) is 40.5 Å². The Morgan fingerprint density at radius 1 is 1.35 bits per heavy atom. The molecule has 2 N–H and O–H groups in total. The summed E-state index contributed by atoms with van der Waals surface area (Å²) in [6.07, 6.45) is 3.58. The highest BCUT2D eigenvalue weighted by Gasteiger charge is 2.11. The lowest BCUT2D eigenvalue weighted by atomic mass is 9.98. The Morgan fingerprint density at radius 3 is 2.85 bits per heavy atom. The van der Waals surface area contributed by atoms with Crippen molar-refractivity contribution in [1.82, 2.24) is 4.98 Å². The second-order valence-corrected chi connectivity index (χ2v) is 5.32. The summed E-state index contributed by atoms with van der Waals surface area (Å²) >= 11 is 5.99. The maximum Gasteiger partial charge on any atom is 0.0737 e. The Kier molecular flexibility index (Phi) is 4.96. The first kappa shape index (κ1) is 14.8. The Hall–Kier alpha value is -1.61. The topological polar surface area (TPSA) is 48.8 Å². The van der Waals surface area contributed by atoms with E-state index in [4.69, 9.17) is 17.0 Å². The van der Waals surface area contributed by atoms with Crippen molar-refractivity contribution in [2.45, 2.75) is 26.7 Å². The maximum atomic E-state index is 7.98. The number of pyridine rings is 1. The number of anilines is 1. The molecule has 2 rings (SSSR count). The number of hydrogen-bond acceptors (Lipinski definition) is 3. The van der Waals surface area contributed by atoms with Crippen LogP contribution in [0.1, 0.15) is 26.7 Å². The van der Waals surface area contributed by atoms with Gasteiger partial charge < -0.3 is 10.7 Å². The van der Waals surface area contributed by atoms with Crippen molar-refractivity contribution in [2.24, 2.45) is 5.92 Å². The minimum absolute atomic E-state index is 0.288. The summed E-state index contributed by atoms with van der Waals surface area (Å²) in [5.74, 6) is 0.288. The molecule has 1 aromatic carbocycles. The molecular weight excluding hydrogens is 270 g/mol. The Bertz CT molecular complexity index is 610. The third kappa shape index (κ3) is 3.28. The highest BCUT2D eigenvalue weighted by molar-refractivity contribution is 6.31. The van der Waals surface area contributed by atoms with Gasteiger partial charge in [0.2, 0.25) is 0 Å². The van der Waals surface area contributed by atoms with Crippen molar-refractivity contribution in [1.29, 1.82) is 5.41 Å². The average Bonchev–Trinajstić information content (AvgIpc) is 2.47. The third-order valence-corrected chi connectivity index (χ3v) is 3.85. The lowest BCUT2D eigenvalue weighted by molar-refractivity contribution is 0.683. The number of fused-ring (bicyclic) bond motifs is 1. The van der Waals surface area contributed by atoms with Crippen LogP contribution in [0, 0.1) is 11.3 Å². The normalized spacial score (nSPS) is 12.3. The highest BCUT2D eigenvalue weighted by atomic mass is 35.5. The summed E-state index contributed by atoms with van der Waals surface area (Å²) < 4.78 is 0. The van der Waals surface area contributed by atoms with Crippen molar-refractivity contribution in [3.05, 3.63) is 35.5 Å². The molecule has 1 aromatic heterocycles. The van der Waals surface area contributed by atoms with Crippen LogP contribution in [0.15, 0.2) is 30.5 Å². The molecule has 3 nitrogen and oxygen atoms in total. The number of nitrogens with zero attached hydrogens (tertiary/aromatic N) is 1. The van der Waals surface area contributed by atoms with Crippen molar-refractivity contribution >= 4 is 33.9 Å². The van der Waals surface area contributed by atoms with Crippen molar-refractivity contribution < 1.29 is 0 Å². The predicted molar refractivity (Wildman–Crippen MR) is 87.0 cm³/mol. The average molecular weight is 290 g/mol. The molecule has 2 aromatic rings. The molecule has 0 bridgehead atoms. The third-order valence-electron chi connectivity index (χ3n) is 3.61. The fourth-order valence-electron chi connectivity index (χ4n) is 2.31. The fraction of sp³-hybridized carbons (Fsp3) is 0.375. The van der Waals surface area contributed by atoms with E-state index < -0.39 is 0 Å². The number of hydrogen-bond donors (Lipinski definition) is 2. The van der Waals surface area contributed by atoms with Crippen LogP contribution in [-0.2, 0) is 0 Å². The molecular formula is C16H20ClN3. The molecule has 0 radical (unpaired) electrons. The smallest absolute Gasteiger partial charge is 0.0737 e. The number of halogens is 1. The predicted octanol–water partition coefficient (Wildman–Crippen LogP) is 4.76. The van der Waals surface area contributed by atoms with Crippen LogP contribution in [0.3, 0.4) is 0 Å². The lowest BCUT2D eigenvalue weighted by Crippen LogP contribution is -2.21. The van der Waals surface area contributed by atoms with Gasteiger partial charge in [-0.1, -0.05) is 25.4 Å². The van der Waals surface area contributed by atoms with Gasteiger partial charge in [-0.25, -0.2) is 0 Å². The van der Waals surface area contributed by atoms with E-state index in [1.165, 1.54) is 0 Å². The summed E-state index contributed by atoms with van der Waals surface area (Å²) in [5, 5.41) is 13.2. The van der Waals surface area contributed by atoms with Gasteiger partial charge in [0.15, 0.2) is 0 Å². The quantitative estimate of drug-likeness (QED) is 0.754. The molecule has 0 aliphatic heterocycles. The van der Waals surface area contributed by atoms with Crippen LogP contribution in [-0.4, -0.2) is 17.2 Å². The van der Waals surface area contributed by atoms with Gasteiger partial charge in [0.25, 0.3) is 0 Å². The molecule has 1 atom stereocenters. The number of benzene rings is 1. The largest absolute Gasteiger partial charge is 0.384 e. The summed E-state index contributed by atoms with van der Waals surface area (Å²) in [7, 11) is 0. The first-order chi connectivity index (χ1) is 9.65. The number of rotatable bonds is 6. The van der Waals surface area contributed by atoms with E-state index in [0.717, 1.165) is 41.7 Å². The molecule has 0 amide bonds. The summed E-state index contributed by atoms with van der Waals surface area (Å²) in [5.41, 5.74) is 2.75. The van der Waals surface area contributed by atoms with Gasteiger partial charge in [0.1, 0.15) is 0 Å². The maximum absolute atomic E-state index is 7.98. The minimum atomic E-state index is 0.288. The summed E-state index contributed by atoms with van der Waals surface area (Å²) in [4.78, 5) is 4.33. The molecule has 0 saturated heterocycles. The Balaban J connectivity index is 2.19. The van der Waals surface area contributed by atoms with Gasteiger partial charge in [-0.3, -0.25) is 4.98 Å². The molecule has 0 fully saturated rings. The van der Waals surface area contributed by atoms with Gasteiger partial charge in [0.05, 0.1) is 5.52 Å². The summed E-state index contributed by atoms with van der Waals surface area (Å²) in [6, 6.07) is 7.70. The van der Waals surface area contributed by atoms with E-state index in [2.05, 4.69) is 17.2 Å². The van der Waals surface area contributed by atoms with Gasteiger partial charge >= 0.3 is 0 Å². The van der Waals surface area contributed by atoms with Crippen LogP contribution in [0.5, 0.6) is 0 Å².